The standard InChI is InChI=1S/C32H56N6O7S/c1-8-9-14-23(25(39)28(41)33-22-16-17-22)34-27(40)24-15-13-20-38(24)29(42)26(31(3,4)5)35-30(43)36-32(18-11-10-12-19-32)21(2)46(44,45)37(6)7/h21-24,26H,8-20H2,1-7H3,(H,33,41)(H,34,40)(H2,35,36,43)/t21-,23+,24+,26-/m1/s1. The van der Waals surface area contributed by atoms with E-state index in [1.165, 1.54) is 23.3 Å². The maximum atomic E-state index is 14.1. The molecule has 0 unspecified atom stereocenters. The van der Waals surface area contributed by atoms with Gasteiger partial charge in [0.1, 0.15) is 12.1 Å². The Morgan fingerprint density at radius 3 is 2.13 bits per heavy atom. The van der Waals surface area contributed by atoms with E-state index in [0.717, 1.165) is 38.5 Å². The Morgan fingerprint density at radius 2 is 1.59 bits per heavy atom. The van der Waals surface area contributed by atoms with Gasteiger partial charge in [-0.05, 0) is 57.3 Å². The van der Waals surface area contributed by atoms with Crippen LogP contribution in [0.2, 0.25) is 0 Å². The second-order valence-electron chi connectivity index (χ2n) is 14.6. The fourth-order valence-corrected chi connectivity index (χ4v) is 8.01. The maximum absolute atomic E-state index is 14.1. The van der Waals surface area contributed by atoms with Gasteiger partial charge in [-0.15, -0.1) is 0 Å². The van der Waals surface area contributed by atoms with Gasteiger partial charge in [0.2, 0.25) is 27.6 Å². The Kier molecular flexibility index (Phi) is 12.7. The topological polar surface area (TPSA) is 174 Å². The molecule has 3 rings (SSSR count). The molecule has 1 aliphatic heterocycles. The van der Waals surface area contributed by atoms with Crippen LogP contribution in [0, 0.1) is 5.41 Å². The number of amides is 5. The number of sulfonamides is 1. The molecule has 2 aliphatic carbocycles. The molecule has 4 N–H and O–H groups in total. The van der Waals surface area contributed by atoms with Crippen molar-refractivity contribution >= 4 is 39.6 Å². The van der Waals surface area contributed by atoms with Crippen LogP contribution in [0.3, 0.4) is 0 Å². The molecule has 2 saturated carbocycles. The van der Waals surface area contributed by atoms with Crippen molar-refractivity contribution in [2.45, 2.75) is 147 Å². The lowest BCUT2D eigenvalue weighted by Gasteiger charge is -2.43. The predicted octanol–water partition coefficient (Wildman–Crippen LogP) is 2.20. The zero-order valence-electron chi connectivity index (χ0n) is 28.7. The number of carbonyl (C=O) groups is 5. The first-order chi connectivity index (χ1) is 21.4. The fraction of sp³-hybridized carbons (Fsp3) is 0.844. The monoisotopic (exact) mass is 668 g/mol. The lowest BCUT2D eigenvalue weighted by atomic mass is 9.79. The number of nitrogens with zero attached hydrogens (tertiary/aromatic N) is 2. The summed E-state index contributed by atoms with van der Waals surface area (Å²) in [6.07, 6.45) is 7.81. The van der Waals surface area contributed by atoms with Gasteiger partial charge in [-0.1, -0.05) is 59.8 Å². The normalized spacial score (nSPS) is 22.0. The third-order valence-electron chi connectivity index (χ3n) is 9.68. The van der Waals surface area contributed by atoms with Gasteiger partial charge >= 0.3 is 6.03 Å². The number of unbranched alkanes of at least 4 members (excludes halogenated alkanes) is 1. The van der Waals surface area contributed by atoms with Crippen LogP contribution in [0.25, 0.3) is 0 Å². The second kappa shape index (κ2) is 15.4. The van der Waals surface area contributed by atoms with Crippen molar-refractivity contribution in [2.24, 2.45) is 5.41 Å². The Balaban J connectivity index is 1.77. The number of urea groups is 1. The molecule has 1 saturated heterocycles. The van der Waals surface area contributed by atoms with Crippen LogP contribution in [0.1, 0.15) is 112 Å². The summed E-state index contributed by atoms with van der Waals surface area (Å²) in [5.41, 5.74) is -1.75. The van der Waals surface area contributed by atoms with E-state index in [4.69, 9.17) is 0 Å². The molecule has 5 amide bonds. The Morgan fingerprint density at radius 1 is 0.957 bits per heavy atom. The van der Waals surface area contributed by atoms with Gasteiger partial charge in [0.25, 0.3) is 5.91 Å². The number of likely N-dealkylation sites (tertiary alicyclic amines) is 1. The Hall–Kier alpha value is -2.74. The van der Waals surface area contributed by atoms with Gasteiger partial charge in [-0.2, -0.15) is 0 Å². The minimum atomic E-state index is -3.69. The highest BCUT2D eigenvalue weighted by Crippen LogP contribution is 2.35. The molecule has 14 heteroatoms. The molecule has 4 atom stereocenters. The first kappa shape index (κ1) is 37.7. The first-order valence-electron chi connectivity index (χ1n) is 16.9. The van der Waals surface area contributed by atoms with Crippen LogP contribution >= 0.6 is 0 Å². The molecule has 262 valence electrons. The van der Waals surface area contributed by atoms with Gasteiger partial charge in [0.05, 0.1) is 16.8 Å². The van der Waals surface area contributed by atoms with Crippen molar-refractivity contribution in [2.75, 3.05) is 20.6 Å². The SMILES string of the molecule is CCCC[C@H](NC(=O)[C@@H]1CCCN1C(=O)[C@@H](NC(=O)NC1([C@@H](C)S(=O)(=O)N(C)C)CCCCC1)C(C)(C)C)C(=O)C(=O)NC1CC1. The molecule has 0 aromatic carbocycles. The summed E-state index contributed by atoms with van der Waals surface area (Å²) >= 11 is 0. The van der Waals surface area contributed by atoms with Crippen molar-refractivity contribution < 1.29 is 32.4 Å². The minimum absolute atomic E-state index is 0.00884. The Bertz CT molecular complexity index is 1240. The molecule has 13 nitrogen and oxygen atoms in total. The van der Waals surface area contributed by atoms with E-state index >= 15 is 0 Å². The maximum Gasteiger partial charge on any atom is 0.315 e. The third-order valence-corrected chi connectivity index (χ3v) is 12.0. The highest BCUT2D eigenvalue weighted by Gasteiger charge is 2.48. The van der Waals surface area contributed by atoms with Gasteiger partial charge in [0, 0.05) is 26.7 Å². The van der Waals surface area contributed by atoms with E-state index in [1.807, 2.05) is 27.7 Å². The summed E-state index contributed by atoms with van der Waals surface area (Å²) in [7, 11) is -0.739. The summed E-state index contributed by atoms with van der Waals surface area (Å²) in [4.78, 5) is 68.2. The van der Waals surface area contributed by atoms with Crippen LogP contribution in [-0.4, -0.2) is 103 Å². The van der Waals surface area contributed by atoms with Crippen molar-refractivity contribution in [3.63, 3.8) is 0 Å². The molecular formula is C32H56N6O7S. The highest BCUT2D eigenvalue weighted by atomic mass is 32.2. The fourth-order valence-electron chi connectivity index (χ4n) is 6.52. The average Bonchev–Trinajstić information content (AvgIpc) is 3.66. The van der Waals surface area contributed by atoms with E-state index in [0.29, 0.717) is 45.1 Å². The lowest BCUT2D eigenvalue weighted by Crippen LogP contribution is -2.65. The minimum Gasteiger partial charge on any atom is -0.347 e. The number of hydrogen-bond donors (Lipinski definition) is 4. The average molecular weight is 669 g/mol. The number of nitrogens with one attached hydrogen (secondary N) is 4. The van der Waals surface area contributed by atoms with Gasteiger partial charge in [-0.3, -0.25) is 19.2 Å². The molecule has 0 aromatic heterocycles. The zero-order valence-corrected chi connectivity index (χ0v) is 29.6. The van der Waals surface area contributed by atoms with Gasteiger partial charge in [0.15, 0.2) is 0 Å². The Labute approximate surface area is 274 Å². The molecule has 0 bridgehead atoms. The van der Waals surface area contributed by atoms with Gasteiger partial charge < -0.3 is 26.2 Å². The van der Waals surface area contributed by atoms with Crippen LogP contribution in [-0.2, 0) is 29.2 Å². The van der Waals surface area contributed by atoms with Crippen molar-refractivity contribution in [1.29, 1.82) is 0 Å². The smallest absolute Gasteiger partial charge is 0.315 e. The summed E-state index contributed by atoms with van der Waals surface area (Å²) in [6.45, 7) is 9.31. The molecular weight excluding hydrogens is 612 g/mol. The molecule has 0 aromatic rings. The third kappa shape index (κ3) is 9.20. The molecule has 0 spiro atoms. The molecule has 3 aliphatic rings. The van der Waals surface area contributed by atoms with Crippen molar-refractivity contribution in [3.05, 3.63) is 0 Å². The number of hydrogen-bond acceptors (Lipinski definition) is 7. The lowest BCUT2D eigenvalue weighted by molar-refractivity contribution is -0.143. The first-order valence-corrected chi connectivity index (χ1v) is 18.4. The van der Waals surface area contributed by atoms with Crippen LogP contribution in [0.5, 0.6) is 0 Å². The number of Topliss-reactive ketones (excluding diaryl/α,β-unsaturated/α-hetero) is 1. The van der Waals surface area contributed by atoms with E-state index in [1.54, 1.807) is 6.92 Å². The predicted molar refractivity (Wildman–Crippen MR) is 175 cm³/mol. The van der Waals surface area contributed by atoms with E-state index in [2.05, 4.69) is 21.3 Å². The van der Waals surface area contributed by atoms with Crippen LogP contribution in [0.15, 0.2) is 0 Å². The van der Waals surface area contributed by atoms with Crippen molar-refractivity contribution in [1.82, 2.24) is 30.5 Å². The molecule has 1 heterocycles. The van der Waals surface area contributed by atoms with Crippen LogP contribution < -0.4 is 21.3 Å². The number of ketones is 1. The largest absolute Gasteiger partial charge is 0.347 e. The quantitative estimate of drug-likeness (QED) is 0.205. The van der Waals surface area contributed by atoms with Crippen molar-refractivity contribution in [3.8, 4) is 0 Å². The molecule has 0 radical (unpaired) electrons. The number of carbonyl (C=O) groups excluding carboxylic acids is 5. The molecule has 46 heavy (non-hydrogen) atoms. The highest BCUT2D eigenvalue weighted by molar-refractivity contribution is 7.89. The summed E-state index contributed by atoms with van der Waals surface area (Å²) in [5, 5.41) is 10.4. The van der Waals surface area contributed by atoms with E-state index in [-0.39, 0.29) is 6.04 Å². The number of rotatable bonds is 14. The second-order valence-corrected chi connectivity index (χ2v) is 17.1. The van der Waals surface area contributed by atoms with E-state index < -0.39 is 73.9 Å². The summed E-state index contributed by atoms with van der Waals surface area (Å²) in [6, 6.07) is -3.50. The van der Waals surface area contributed by atoms with E-state index in [9.17, 15) is 32.4 Å². The summed E-state index contributed by atoms with van der Waals surface area (Å²) < 4.78 is 27.5. The summed E-state index contributed by atoms with van der Waals surface area (Å²) in [5.74, 6) is -2.32. The van der Waals surface area contributed by atoms with Crippen LogP contribution in [0.4, 0.5) is 4.79 Å². The zero-order chi connectivity index (χ0) is 34.4. The molecule has 3 fully saturated rings. The van der Waals surface area contributed by atoms with Gasteiger partial charge in [-0.25, -0.2) is 17.5 Å².